The summed E-state index contributed by atoms with van der Waals surface area (Å²) >= 11 is 0.687. The molecule has 0 aliphatic heterocycles. The van der Waals surface area contributed by atoms with E-state index in [1.807, 2.05) is 0 Å². The molecule has 112 valence electrons. The Labute approximate surface area is 125 Å². The molecule has 5 nitrogen and oxygen atoms in total. The van der Waals surface area contributed by atoms with Crippen molar-refractivity contribution in [1.29, 1.82) is 0 Å². The molecule has 0 bridgehead atoms. The summed E-state index contributed by atoms with van der Waals surface area (Å²) in [7, 11) is -2.44. The number of nitrogens with zero attached hydrogens (tertiary/aromatic N) is 1. The molecule has 0 spiro atoms. The van der Waals surface area contributed by atoms with Crippen LogP contribution in [0.15, 0.2) is 40.6 Å². The smallest absolute Gasteiger partial charge is 0.345 e. The highest BCUT2D eigenvalue weighted by Gasteiger charge is 2.24. The van der Waals surface area contributed by atoms with Gasteiger partial charge in [-0.2, -0.15) is 4.31 Å². The van der Waals surface area contributed by atoms with E-state index in [0.29, 0.717) is 16.9 Å². The van der Waals surface area contributed by atoms with Gasteiger partial charge in [-0.3, -0.25) is 0 Å². The van der Waals surface area contributed by atoms with Crippen molar-refractivity contribution in [3.05, 3.63) is 52.7 Å². The molecule has 21 heavy (non-hydrogen) atoms. The number of aromatic carboxylic acids is 1. The van der Waals surface area contributed by atoms with Crippen molar-refractivity contribution in [2.75, 3.05) is 7.05 Å². The van der Waals surface area contributed by atoms with Gasteiger partial charge in [-0.15, -0.1) is 11.3 Å². The average Bonchev–Trinajstić information content (AvgIpc) is 2.89. The Bertz CT molecular complexity index is 770. The first-order valence-electron chi connectivity index (χ1n) is 5.84. The maximum absolute atomic E-state index is 13.1. The molecule has 0 unspecified atom stereocenters. The second kappa shape index (κ2) is 5.92. The number of hydrogen-bond acceptors (Lipinski definition) is 4. The lowest BCUT2D eigenvalue weighted by Crippen LogP contribution is -2.25. The highest BCUT2D eigenvalue weighted by Crippen LogP contribution is 2.25. The topological polar surface area (TPSA) is 74.7 Å². The quantitative estimate of drug-likeness (QED) is 0.914. The summed E-state index contributed by atoms with van der Waals surface area (Å²) in [5.74, 6) is -1.61. The van der Waals surface area contributed by atoms with Gasteiger partial charge in [0.05, 0.1) is 0 Å². The van der Waals surface area contributed by atoms with Gasteiger partial charge >= 0.3 is 5.97 Å². The van der Waals surface area contributed by atoms with Gasteiger partial charge in [0.2, 0.25) is 0 Å². The molecule has 0 aliphatic rings. The molecule has 0 atom stereocenters. The molecule has 8 heteroatoms. The Morgan fingerprint density at radius 1 is 1.33 bits per heavy atom. The lowest BCUT2D eigenvalue weighted by atomic mass is 10.2. The molecule has 0 aliphatic carbocycles. The van der Waals surface area contributed by atoms with E-state index < -0.39 is 21.8 Å². The van der Waals surface area contributed by atoms with Crippen molar-refractivity contribution in [1.82, 2.24) is 4.31 Å². The van der Waals surface area contributed by atoms with Crippen molar-refractivity contribution >= 4 is 27.3 Å². The van der Waals surface area contributed by atoms with Crippen LogP contribution in [-0.2, 0) is 16.6 Å². The molecule has 1 aromatic carbocycles. The van der Waals surface area contributed by atoms with Crippen LogP contribution in [0.1, 0.15) is 15.2 Å². The molecule has 0 saturated carbocycles. The van der Waals surface area contributed by atoms with Crippen LogP contribution in [0.2, 0.25) is 0 Å². The second-order valence-electron chi connectivity index (χ2n) is 4.31. The van der Waals surface area contributed by atoms with Crippen LogP contribution < -0.4 is 0 Å². The Morgan fingerprint density at radius 3 is 2.62 bits per heavy atom. The lowest BCUT2D eigenvalue weighted by molar-refractivity contribution is 0.0702. The van der Waals surface area contributed by atoms with Crippen LogP contribution in [0, 0.1) is 5.82 Å². The Morgan fingerprint density at radius 2 is 2.05 bits per heavy atom. The predicted octanol–water partition coefficient (Wildman–Crippen LogP) is 2.41. The van der Waals surface area contributed by atoms with E-state index in [1.54, 1.807) is 6.07 Å². The van der Waals surface area contributed by atoms with E-state index in [1.165, 1.54) is 37.4 Å². The van der Waals surface area contributed by atoms with Gasteiger partial charge in [0.25, 0.3) is 10.0 Å². The molecule has 0 amide bonds. The maximum atomic E-state index is 13.1. The van der Waals surface area contributed by atoms with Crippen molar-refractivity contribution < 1.29 is 22.7 Å². The van der Waals surface area contributed by atoms with E-state index in [-0.39, 0.29) is 15.6 Å². The van der Waals surface area contributed by atoms with Crippen LogP contribution in [0.3, 0.4) is 0 Å². The monoisotopic (exact) mass is 329 g/mol. The summed E-state index contributed by atoms with van der Waals surface area (Å²) in [4.78, 5) is 10.8. The molecular weight excluding hydrogens is 317 g/mol. The number of carbonyl (C=O) groups is 1. The van der Waals surface area contributed by atoms with Crippen molar-refractivity contribution in [2.24, 2.45) is 0 Å². The first-order chi connectivity index (χ1) is 9.80. The summed E-state index contributed by atoms with van der Waals surface area (Å²) in [5, 5.41) is 8.83. The van der Waals surface area contributed by atoms with E-state index in [9.17, 15) is 17.6 Å². The van der Waals surface area contributed by atoms with E-state index in [0.717, 1.165) is 4.31 Å². The number of carboxylic acid groups (broad SMARTS) is 1. The zero-order chi connectivity index (χ0) is 15.6. The van der Waals surface area contributed by atoms with Gasteiger partial charge in [0, 0.05) is 13.6 Å². The fraction of sp³-hybridized carbons (Fsp3) is 0.154. The molecule has 2 aromatic rings. The molecule has 0 radical (unpaired) electrons. The molecule has 1 heterocycles. The van der Waals surface area contributed by atoms with Crippen LogP contribution >= 0.6 is 11.3 Å². The number of rotatable bonds is 5. The SMILES string of the molecule is CN(Cc1cccc(F)c1)S(=O)(=O)c1ccc(C(=O)O)s1. The van der Waals surface area contributed by atoms with Gasteiger partial charge in [-0.05, 0) is 29.8 Å². The normalized spacial score (nSPS) is 11.8. The summed E-state index contributed by atoms with van der Waals surface area (Å²) in [6.45, 7) is 0.000395. The molecule has 0 saturated heterocycles. The third-order valence-corrected chi connectivity index (χ3v) is 6.09. The van der Waals surface area contributed by atoms with Gasteiger partial charge in [0.15, 0.2) is 0 Å². The summed E-state index contributed by atoms with van der Waals surface area (Å²) in [6, 6.07) is 8.14. The fourth-order valence-electron chi connectivity index (χ4n) is 1.70. The third kappa shape index (κ3) is 3.46. The van der Waals surface area contributed by atoms with Crippen molar-refractivity contribution in [3.63, 3.8) is 0 Å². The minimum Gasteiger partial charge on any atom is -0.477 e. The maximum Gasteiger partial charge on any atom is 0.345 e. The van der Waals surface area contributed by atoms with E-state index in [4.69, 9.17) is 5.11 Å². The minimum absolute atomic E-state index is 0.000395. The molecule has 2 rings (SSSR count). The average molecular weight is 329 g/mol. The Balaban J connectivity index is 2.23. The number of thiophene rings is 1. The van der Waals surface area contributed by atoms with E-state index in [2.05, 4.69) is 0 Å². The Kier molecular flexibility index (Phi) is 4.40. The number of halogens is 1. The number of hydrogen-bond donors (Lipinski definition) is 1. The second-order valence-corrected chi connectivity index (χ2v) is 7.67. The molecule has 1 N–H and O–H groups in total. The summed E-state index contributed by atoms with van der Waals surface area (Å²) in [5.41, 5.74) is 0.510. The first-order valence-corrected chi connectivity index (χ1v) is 8.10. The van der Waals surface area contributed by atoms with Crippen LogP contribution in [0.4, 0.5) is 4.39 Å². The van der Waals surface area contributed by atoms with Gasteiger partial charge in [0.1, 0.15) is 14.9 Å². The van der Waals surface area contributed by atoms with Crippen LogP contribution in [0.5, 0.6) is 0 Å². The molecular formula is C13H12FNO4S2. The van der Waals surface area contributed by atoms with Crippen molar-refractivity contribution in [3.8, 4) is 0 Å². The number of benzene rings is 1. The summed E-state index contributed by atoms with van der Waals surface area (Å²) < 4.78 is 38.7. The predicted molar refractivity (Wildman–Crippen MR) is 76.3 cm³/mol. The Hall–Kier alpha value is -1.77. The fourth-order valence-corrected chi connectivity index (χ4v) is 4.22. The van der Waals surface area contributed by atoms with E-state index >= 15 is 0 Å². The molecule has 1 aromatic heterocycles. The highest BCUT2D eigenvalue weighted by atomic mass is 32.2. The zero-order valence-corrected chi connectivity index (χ0v) is 12.6. The standard InChI is InChI=1S/C13H12FNO4S2/c1-15(8-9-3-2-4-10(14)7-9)21(18,19)12-6-5-11(20-12)13(16)17/h2-7H,8H2,1H3,(H,16,17). The highest BCUT2D eigenvalue weighted by molar-refractivity contribution is 7.91. The van der Waals surface area contributed by atoms with Gasteiger partial charge < -0.3 is 5.11 Å². The molecule has 0 fully saturated rings. The number of sulfonamides is 1. The van der Waals surface area contributed by atoms with Crippen LogP contribution in [-0.4, -0.2) is 30.8 Å². The first kappa shape index (κ1) is 15.6. The minimum atomic E-state index is -3.80. The zero-order valence-electron chi connectivity index (χ0n) is 11.0. The van der Waals surface area contributed by atoms with Gasteiger partial charge in [-0.25, -0.2) is 17.6 Å². The largest absolute Gasteiger partial charge is 0.477 e. The third-order valence-electron chi connectivity index (χ3n) is 2.75. The van der Waals surface area contributed by atoms with Crippen LogP contribution in [0.25, 0.3) is 0 Å². The van der Waals surface area contributed by atoms with Gasteiger partial charge in [-0.1, -0.05) is 12.1 Å². The number of carboxylic acids is 1. The van der Waals surface area contributed by atoms with Crippen molar-refractivity contribution in [2.45, 2.75) is 10.8 Å². The summed E-state index contributed by atoms with van der Waals surface area (Å²) in [6.07, 6.45) is 0. The lowest BCUT2D eigenvalue weighted by Gasteiger charge is -2.16.